The van der Waals surface area contributed by atoms with Crippen LogP contribution in [0.3, 0.4) is 0 Å². The van der Waals surface area contributed by atoms with Crippen molar-refractivity contribution in [3.63, 3.8) is 0 Å². The molecule has 1 aromatic heterocycles. The van der Waals surface area contributed by atoms with Gasteiger partial charge in [-0.05, 0) is 32.4 Å². The van der Waals surface area contributed by atoms with E-state index in [9.17, 15) is 0 Å². The fraction of sp³-hybridized carbons (Fsp3) is 0.571. The van der Waals surface area contributed by atoms with Gasteiger partial charge in [-0.15, -0.1) is 11.3 Å². The van der Waals surface area contributed by atoms with Crippen LogP contribution < -0.4 is 0 Å². The number of hydrogen-bond donors (Lipinski definition) is 1. The maximum Gasteiger partial charge on any atom is 0.0540 e. The first-order valence-electron chi connectivity index (χ1n) is 6.21. The van der Waals surface area contributed by atoms with Crippen molar-refractivity contribution in [1.82, 2.24) is 4.90 Å². The summed E-state index contributed by atoms with van der Waals surface area (Å²) in [5.41, 5.74) is 1.09. The second-order valence-corrected chi connectivity index (χ2v) is 5.53. The third-order valence-corrected chi connectivity index (χ3v) is 4.09. The Bertz CT molecular complexity index is 415. The molecule has 0 spiro atoms. The molecule has 2 nitrogen and oxygen atoms in total. The zero-order chi connectivity index (χ0) is 12.1. The molecular weight excluding hydrogens is 230 g/mol. The lowest BCUT2D eigenvalue weighted by Gasteiger charge is -2.19. The van der Waals surface area contributed by atoms with Gasteiger partial charge in [0.15, 0.2) is 0 Å². The Morgan fingerprint density at radius 3 is 3.18 bits per heavy atom. The minimum atomic E-state index is 0.148. The van der Waals surface area contributed by atoms with Crippen molar-refractivity contribution in [2.45, 2.75) is 38.8 Å². The first-order chi connectivity index (χ1) is 8.29. The van der Waals surface area contributed by atoms with Gasteiger partial charge < -0.3 is 5.11 Å². The van der Waals surface area contributed by atoms with Crippen molar-refractivity contribution in [2.75, 3.05) is 13.2 Å². The predicted octanol–water partition coefficient (Wildman–Crippen LogP) is 2.47. The first-order valence-corrected chi connectivity index (χ1v) is 7.09. The Hall–Kier alpha value is -0.820. The molecule has 2 rings (SSSR count). The topological polar surface area (TPSA) is 23.5 Å². The number of rotatable bonds is 3. The zero-order valence-electron chi connectivity index (χ0n) is 10.3. The van der Waals surface area contributed by atoms with E-state index < -0.39 is 0 Å². The molecule has 1 aliphatic rings. The normalized spacial score (nSPS) is 20.2. The molecule has 1 aliphatic heterocycles. The van der Waals surface area contributed by atoms with Gasteiger partial charge in [0.05, 0.1) is 6.61 Å². The van der Waals surface area contributed by atoms with Gasteiger partial charge in [0.1, 0.15) is 0 Å². The molecule has 0 amide bonds. The van der Waals surface area contributed by atoms with E-state index in [-0.39, 0.29) is 6.61 Å². The zero-order valence-corrected chi connectivity index (χ0v) is 11.1. The lowest BCUT2D eigenvalue weighted by molar-refractivity contribution is 0.262. The smallest absolute Gasteiger partial charge is 0.0540 e. The summed E-state index contributed by atoms with van der Waals surface area (Å²) in [6, 6.07) is 2.90. The molecule has 0 radical (unpaired) electrons. The SMILES string of the molecule is CC1CCCN1Cc1cc(C#CCCO)cs1. The van der Waals surface area contributed by atoms with Crippen molar-refractivity contribution >= 4 is 11.3 Å². The summed E-state index contributed by atoms with van der Waals surface area (Å²) in [6.45, 7) is 4.75. The van der Waals surface area contributed by atoms with Gasteiger partial charge in [0.2, 0.25) is 0 Å². The van der Waals surface area contributed by atoms with Gasteiger partial charge in [-0.25, -0.2) is 0 Å². The van der Waals surface area contributed by atoms with E-state index in [4.69, 9.17) is 5.11 Å². The number of hydrogen-bond acceptors (Lipinski definition) is 3. The molecule has 1 atom stereocenters. The van der Waals surface area contributed by atoms with Crippen LogP contribution in [0.1, 0.15) is 36.6 Å². The third-order valence-electron chi connectivity index (χ3n) is 3.17. The van der Waals surface area contributed by atoms with Crippen LogP contribution in [-0.4, -0.2) is 29.2 Å². The van der Waals surface area contributed by atoms with E-state index in [0.29, 0.717) is 6.42 Å². The molecule has 0 aromatic carbocycles. The molecule has 17 heavy (non-hydrogen) atoms. The number of nitrogens with zero attached hydrogens (tertiary/aromatic N) is 1. The maximum absolute atomic E-state index is 8.66. The van der Waals surface area contributed by atoms with Crippen molar-refractivity contribution in [1.29, 1.82) is 0 Å². The fourth-order valence-corrected chi connectivity index (χ4v) is 3.02. The second kappa shape index (κ2) is 6.20. The van der Waals surface area contributed by atoms with E-state index in [1.165, 1.54) is 24.3 Å². The first kappa shape index (κ1) is 12.6. The Morgan fingerprint density at radius 2 is 2.47 bits per heavy atom. The van der Waals surface area contributed by atoms with Gasteiger partial charge in [-0.2, -0.15) is 0 Å². The van der Waals surface area contributed by atoms with E-state index in [2.05, 4.69) is 35.1 Å². The Labute approximate surface area is 107 Å². The highest BCUT2D eigenvalue weighted by atomic mass is 32.1. The van der Waals surface area contributed by atoms with Crippen LogP contribution in [0.5, 0.6) is 0 Å². The molecule has 0 aliphatic carbocycles. The Morgan fingerprint density at radius 1 is 1.59 bits per heavy atom. The standard InChI is InChI=1S/C14H19NOS/c1-12-5-4-7-15(12)10-14-9-13(11-17-14)6-2-3-8-16/h9,11-12,16H,3-5,7-8,10H2,1H3. The quantitative estimate of drug-likeness (QED) is 0.832. The molecule has 1 N–H and O–H groups in total. The summed E-state index contributed by atoms with van der Waals surface area (Å²) in [5, 5.41) is 10.8. The minimum Gasteiger partial charge on any atom is -0.395 e. The largest absolute Gasteiger partial charge is 0.395 e. The minimum absolute atomic E-state index is 0.148. The lowest BCUT2D eigenvalue weighted by atomic mass is 10.2. The van der Waals surface area contributed by atoms with Crippen molar-refractivity contribution in [3.8, 4) is 11.8 Å². The third kappa shape index (κ3) is 3.57. The summed E-state index contributed by atoms with van der Waals surface area (Å²) in [6.07, 6.45) is 3.22. The predicted molar refractivity (Wildman–Crippen MR) is 72.0 cm³/mol. The highest BCUT2D eigenvalue weighted by Crippen LogP contribution is 2.22. The summed E-state index contributed by atoms with van der Waals surface area (Å²) >= 11 is 1.79. The van der Waals surface area contributed by atoms with E-state index in [1.54, 1.807) is 11.3 Å². The molecular formula is C14H19NOS. The van der Waals surface area contributed by atoms with E-state index >= 15 is 0 Å². The molecule has 0 bridgehead atoms. The van der Waals surface area contributed by atoms with Gasteiger partial charge in [-0.1, -0.05) is 11.8 Å². The maximum atomic E-state index is 8.66. The molecule has 1 saturated heterocycles. The molecule has 92 valence electrons. The number of thiophene rings is 1. The number of aliphatic hydroxyl groups is 1. The van der Waals surface area contributed by atoms with E-state index in [0.717, 1.165) is 18.2 Å². The van der Waals surface area contributed by atoms with Crippen LogP contribution in [0.25, 0.3) is 0 Å². The Kier molecular flexibility index (Phi) is 4.61. The van der Waals surface area contributed by atoms with Gasteiger partial charge in [0, 0.05) is 34.8 Å². The highest BCUT2D eigenvalue weighted by molar-refractivity contribution is 7.10. The van der Waals surface area contributed by atoms with Crippen molar-refractivity contribution in [3.05, 3.63) is 21.9 Å². The summed E-state index contributed by atoms with van der Waals surface area (Å²) in [7, 11) is 0. The lowest BCUT2D eigenvalue weighted by Crippen LogP contribution is -2.25. The van der Waals surface area contributed by atoms with Gasteiger partial charge >= 0.3 is 0 Å². The van der Waals surface area contributed by atoms with Crippen molar-refractivity contribution in [2.24, 2.45) is 0 Å². The second-order valence-electron chi connectivity index (χ2n) is 4.54. The van der Waals surface area contributed by atoms with Crippen LogP contribution >= 0.6 is 11.3 Å². The summed E-state index contributed by atoms with van der Waals surface area (Å²) in [4.78, 5) is 3.93. The van der Waals surface area contributed by atoms with Crippen LogP contribution in [0.2, 0.25) is 0 Å². The van der Waals surface area contributed by atoms with Crippen LogP contribution in [-0.2, 0) is 6.54 Å². The average molecular weight is 249 g/mol. The van der Waals surface area contributed by atoms with Crippen LogP contribution in [0, 0.1) is 11.8 Å². The van der Waals surface area contributed by atoms with Crippen LogP contribution in [0.4, 0.5) is 0 Å². The average Bonchev–Trinajstić information content (AvgIpc) is 2.91. The highest BCUT2D eigenvalue weighted by Gasteiger charge is 2.20. The molecule has 1 aromatic rings. The van der Waals surface area contributed by atoms with E-state index in [1.807, 2.05) is 0 Å². The van der Waals surface area contributed by atoms with Gasteiger partial charge in [-0.3, -0.25) is 4.90 Å². The number of likely N-dealkylation sites (tertiary alicyclic amines) is 1. The van der Waals surface area contributed by atoms with Crippen molar-refractivity contribution < 1.29 is 5.11 Å². The Balaban J connectivity index is 1.92. The molecule has 1 fully saturated rings. The van der Waals surface area contributed by atoms with Crippen LogP contribution in [0.15, 0.2) is 11.4 Å². The summed E-state index contributed by atoms with van der Waals surface area (Å²) in [5.74, 6) is 6.04. The molecule has 3 heteroatoms. The molecule has 0 saturated carbocycles. The number of aliphatic hydroxyl groups excluding tert-OH is 1. The molecule has 2 heterocycles. The summed E-state index contributed by atoms with van der Waals surface area (Å²) < 4.78 is 0. The molecule has 1 unspecified atom stereocenters. The van der Waals surface area contributed by atoms with Gasteiger partial charge in [0.25, 0.3) is 0 Å². The fourth-order valence-electron chi connectivity index (χ4n) is 2.18. The monoisotopic (exact) mass is 249 g/mol.